The summed E-state index contributed by atoms with van der Waals surface area (Å²) in [4.78, 5) is 29.0. The zero-order chi connectivity index (χ0) is 18.3. The summed E-state index contributed by atoms with van der Waals surface area (Å²) in [5.74, 6) is -0.722. The molecule has 5 heteroatoms. The lowest BCUT2D eigenvalue weighted by molar-refractivity contribution is -0.161. The molecule has 2 atom stereocenters. The molecule has 2 heterocycles. The van der Waals surface area contributed by atoms with Crippen molar-refractivity contribution in [2.24, 2.45) is 5.41 Å². The van der Waals surface area contributed by atoms with E-state index in [1.54, 1.807) is 0 Å². The number of hydrogen-bond donors (Lipinski definition) is 1. The van der Waals surface area contributed by atoms with Gasteiger partial charge in [0.1, 0.15) is 0 Å². The lowest BCUT2D eigenvalue weighted by atomic mass is 9.68. The summed E-state index contributed by atoms with van der Waals surface area (Å²) in [7, 11) is 1.98. The molecule has 2 aliphatic heterocycles. The molecule has 0 unspecified atom stereocenters. The minimum atomic E-state index is -0.716. The molecule has 1 N–H and O–H groups in total. The predicted octanol–water partition coefficient (Wildman–Crippen LogP) is 2.85. The molecule has 0 aliphatic carbocycles. The lowest BCUT2D eigenvalue weighted by Gasteiger charge is -2.51. The Hall–Kier alpha value is -2.40. The zero-order valence-electron chi connectivity index (χ0n) is 15.0. The normalized spacial score (nSPS) is 26.5. The summed E-state index contributed by atoms with van der Waals surface area (Å²) in [5, 5.41) is 12.0. The number of hydrogen-bond acceptors (Lipinski definition) is 3. The van der Waals surface area contributed by atoms with Crippen molar-refractivity contribution in [3.05, 3.63) is 48.0 Å². The third-order valence-corrected chi connectivity index (χ3v) is 6.23. The van der Waals surface area contributed by atoms with E-state index in [4.69, 9.17) is 0 Å². The fourth-order valence-corrected chi connectivity index (χ4v) is 4.67. The molecule has 2 aliphatic rings. The number of carboxylic acids is 1. The Balaban J connectivity index is 1.60. The van der Waals surface area contributed by atoms with Crippen molar-refractivity contribution in [3.8, 4) is 0 Å². The highest BCUT2D eigenvalue weighted by molar-refractivity contribution is 5.98. The Morgan fingerprint density at radius 2 is 1.85 bits per heavy atom. The summed E-state index contributed by atoms with van der Waals surface area (Å²) in [5.41, 5.74) is -0.0438. The number of rotatable bonds is 2. The monoisotopic (exact) mass is 352 g/mol. The average molecular weight is 352 g/mol. The summed E-state index contributed by atoms with van der Waals surface area (Å²) in [6.45, 7) is 1.87. The van der Waals surface area contributed by atoms with E-state index < -0.39 is 11.4 Å². The van der Waals surface area contributed by atoms with Crippen molar-refractivity contribution in [1.29, 1.82) is 0 Å². The molecular formula is C21H24N2O3. The van der Waals surface area contributed by atoms with Crippen LogP contribution in [0.1, 0.15) is 29.6 Å². The molecular weight excluding hydrogens is 328 g/mol. The third kappa shape index (κ3) is 2.67. The van der Waals surface area contributed by atoms with Gasteiger partial charge in [-0.05, 0) is 55.8 Å². The largest absolute Gasteiger partial charge is 0.481 e. The molecule has 0 aromatic heterocycles. The van der Waals surface area contributed by atoms with Crippen LogP contribution in [0.5, 0.6) is 0 Å². The van der Waals surface area contributed by atoms with Crippen LogP contribution >= 0.6 is 0 Å². The van der Waals surface area contributed by atoms with Gasteiger partial charge in [0.15, 0.2) is 0 Å². The van der Waals surface area contributed by atoms with Crippen LogP contribution in [0.15, 0.2) is 42.5 Å². The van der Waals surface area contributed by atoms with E-state index in [9.17, 15) is 14.7 Å². The SMILES string of the molecule is CN1CCC[C@]2(C(=O)O)CCN(C(=O)c3ccc4ccccc4c3)C[C@H]12. The molecule has 0 spiro atoms. The second kappa shape index (κ2) is 6.40. The summed E-state index contributed by atoms with van der Waals surface area (Å²) in [6.07, 6.45) is 2.13. The Labute approximate surface area is 153 Å². The molecule has 0 radical (unpaired) electrons. The minimum Gasteiger partial charge on any atom is -0.481 e. The average Bonchev–Trinajstić information content (AvgIpc) is 2.67. The first kappa shape index (κ1) is 17.0. The van der Waals surface area contributed by atoms with E-state index in [-0.39, 0.29) is 11.9 Å². The van der Waals surface area contributed by atoms with Gasteiger partial charge in [-0.2, -0.15) is 0 Å². The van der Waals surface area contributed by atoms with Gasteiger partial charge in [0.05, 0.1) is 5.41 Å². The van der Waals surface area contributed by atoms with Crippen molar-refractivity contribution in [2.45, 2.75) is 25.3 Å². The molecule has 136 valence electrons. The molecule has 5 nitrogen and oxygen atoms in total. The number of piperidine rings is 2. The number of aliphatic carboxylic acids is 1. The number of likely N-dealkylation sites (tertiary alicyclic amines) is 2. The van der Waals surface area contributed by atoms with E-state index in [0.717, 1.165) is 23.7 Å². The first-order valence-electron chi connectivity index (χ1n) is 9.23. The van der Waals surface area contributed by atoms with E-state index >= 15 is 0 Å². The van der Waals surface area contributed by atoms with Gasteiger partial charge in [0.2, 0.25) is 0 Å². The minimum absolute atomic E-state index is 0.00582. The first-order valence-corrected chi connectivity index (χ1v) is 9.23. The fraction of sp³-hybridized carbons (Fsp3) is 0.429. The van der Waals surface area contributed by atoms with Gasteiger partial charge < -0.3 is 14.9 Å². The highest BCUT2D eigenvalue weighted by Crippen LogP contribution is 2.42. The maximum absolute atomic E-state index is 13.1. The molecule has 2 aromatic carbocycles. The van der Waals surface area contributed by atoms with Crippen LogP contribution in [0.3, 0.4) is 0 Å². The molecule has 2 fully saturated rings. The van der Waals surface area contributed by atoms with Gasteiger partial charge in [-0.15, -0.1) is 0 Å². The number of amides is 1. The van der Waals surface area contributed by atoms with E-state index in [1.807, 2.05) is 54.4 Å². The molecule has 2 saturated heterocycles. The van der Waals surface area contributed by atoms with Crippen LogP contribution in [-0.2, 0) is 4.79 Å². The molecule has 0 bridgehead atoms. The van der Waals surface area contributed by atoms with Gasteiger partial charge in [0, 0.05) is 24.7 Å². The number of carbonyl (C=O) groups excluding carboxylic acids is 1. The van der Waals surface area contributed by atoms with Crippen molar-refractivity contribution in [1.82, 2.24) is 9.80 Å². The summed E-state index contributed by atoms with van der Waals surface area (Å²) in [6, 6.07) is 13.6. The summed E-state index contributed by atoms with van der Waals surface area (Å²) >= 11 is 0. The van der Waals surface area contributed by atoms with Crippen molar-refractivity contribution in [3.63, 3.8) is 0 Å². The van der Waals surface area contributed by atoms with Crippen LogP contribution in [-0.4, -0.2) is 59.5 Å². The van der Waals surface area contributed by atoms with E-state index in [0.29, 0.717) is 31.5 Å². The number of benzene rings is 2. The topological polar surface area (TPSA) is 60.9 Å². The van der Waals surface area contributed by atoms with Crippen molar-refractivity contribution in [2.75, 3.05) is 26.7 Å². The van der Waals surface area contributed by atoms with E-state index in [1.165, 1.54) is 0 Å². The number of carbonyl (C=O) groups is 2. The van der Waals surface area contributed by atoms with Crippen LogP contribution in [0.2, 0.25) is 0 Å². The van der Waals surface area contributed by atoms with Crippen molar-refractivity contribution >= 4 is 22.6 Å². The Morgan fingerprint density at radius 1 is 1.08 bits per heavy atom. The predicted molar refractivity (Wildman–Crippen MR) is 100 cm³/mol. The van der Waals surface area contributed by atoms with Crippen molar-refractivity contribution < 1.29 is 14.7 Å². The smallest absolute Gasteiger partial charge is 0.311 e. The molecule has 1 amide bonds. The molecule has 26 heavy (non-hydrogen) atoms. The van der Waals surface area contributed by atoms with Crippen LogP contribution in [0.25, 0.3) is 10.8 Å². The second-order valence-electron chi connectivity index (χ2n) is 7.62. The highest BCUT2D eigenvalue weighted by Gasteiger charge is 2.52. The lowest BCUT2D eigenvalue weighted by Crippen LogP contribution is -2.63. The highest BCUT2D eigenvalue weighted by atomic mass is 16.4. The van der Waals surface area contributed by atoms with Crippen LogP contribution in [0.4, 0.5) is 0 Å². The maximum atomic E-state index is 13.1. The van der Waals surface area contributed by atoms with Gasteiger partial charge in [-0.3, -0.25) is 9.59 Å². The first-order chi connectivity index (χ1) is 12.5. The molecule has 4 rings (SSSR count). The zero-order valence-corrected chi connectivity index (χ0v) is 15.0. The third-order valence-electron chi connectivity index (χ3n) is 6.23. The van der Waals surface area contributed by atoms with Gasteiger partial charge in [-0.25, -0.2) is 0 Å². The van der Waals surface area contributed by atoms with Crippen LogP contribution < -0.4 is 0 Å². The Bertz CT molecular complexity index is 865. The number of likely N-dealkylation sites (N-methyl/N-ethyl adjacent to an activating group) is 1. The quantitative estimate of drug-likeness (QED) is 0.903. The molecule has 0 saturated carbocycles. The molecule has 2 aromatic rings. The van der Waals surface area contributed by atoms with Gasteiger partial charge in [0.25, 0.3) is 5.91 Å². The Kier molecular flexibility index (Phi) is 4.19. The van der Waals surface area contributed by atoms with E-state index in [2.05, 4.69) is 4.90 Å². The van der Waals surface area contributed by atoms with Gasteiger partial charge in [-0.1, -0.05) is 30.3 Å². The van der Waals surface area contributed by atoms with Crippen LogP contribution in [0, 0.1) is 5.41 Å². The number of carboxylic acid groups (broad SMARTS) is 1. The second-order valence-corrected chi connectivity index (χ2v) is 7.62. The number of fused-ring (bicyclic) bond motifs is 2. The standard InChI is InChI=1S/C21H24N2O3/c1-22-11-4-9-21(20(25)26)10-12-23(14-18(21)22)19(24)17-8-7-15-5-2-3-6-16(15)13-17/h2-3,5-8,13,18H,4,9-12,14H2,1H3,(H,25,26)/t18-,21-/m0/s1. The summed E-state index contributed by atoms with van der Waals surface area (Å²) < 4.78 is 0. The van der Waals surface area contributed by atoms with Gasteiger partial charge >= 0.3 is 5.97 Å². The number of nitrogens with zero attached hydrogens (tertiary/aromatic N) is 2. The fourth-order valence-electron chi connectivity index (χ4n) is 4.67. The Morgan fingerprint density at radius 3 is 2.62 bits per heavy atom. The maximum Gasteiger partial charge on any atom is 0.311 e.